The molecule has 8 nitrogen and oxygen atoms in total. The summed E-state index contributed by atoms with van der Waals surface area (Å²) in [6, 6.07) is 16.5. The Morgan fingerprint density at radius 2 is 2.00 bits per heavy atom. The Morgan fingerprint density at radius 3 is 2.86 bits per heavy atom. The molecule has 0 aliphatic carbocycles. The Morgan fingerprint density at radius 1 is 1.09 bits per heavy atom. The van der Waals surface area contributed by atoms with E-state index in [2.05, 4.69) is 15.1 Å². The number of methoxy groups -OCH3 is 1. The van der Waals surface area contributed by atoms with Crippen molar-refractivity contribution in [1.82, 2.24) is 19.6 Å². The van der Waals surface area contributed by atoms with Gasteiger partial charge in [0.05, 0.1) is 30.1 Å². The van der Waals surface area contributed by atoms with Gasteiger partial charge in [0.2, 0.25) is 0 Å². The van der Waals surface area contributed by atoms with Crippen molar-refractivity contribution in [3.8, 4) is 39.3 Å². The van der Waals surface area contributed by atoms with Gasteiger partial charge in [0.25, 0.3) is 0 Å². The Hall–Kier alpha value is -4.37. The van der Waals surface area contributed by atoms with E-state index in [0.717, 1.165) is 33.0 Å². The number of nitrogens with zero attached hydrogens (tertiary/aromatic N) is 4. The SMILES string of the molecule is COc1cc(OCc2csc(-c3cccc(O)c3)n2)c2cc(-c3cn4nc(C)ccc4n3)oc2c1. The van der Waals surface area contributed by atoms with Crippen molar-refractivity contribution in [2.45, 2.75) is 13.5 Å². The molecule has 0 unspecified atom stereocenters. The van der Waals surface area contributed by atoms with Crippen LogP contribution in [0.2, 0.25) is 0 Å². The lowest BCUT2D eigenvalue weighted by Crippen LogP contribution is -1.96. The summed E-state index contributed by atoms with van der Waals surface area (Å²) in [4.78, 5) is 9.28. The van der Waals surface area contributed by atoms with Crippen LogP contribution in [0.1, 0.15) is 11.4 Å². The van der Waals surface area contributed by atoms with Crippen LogP contribution >= 0.6 is 11.3 Å². The van der Waals surface area contributed by atoms with Crippen molar-refractivity contribution >= 4 is 28.0 Å². The van der Waals surface area contributed by atoms with Gasteiger partial charge < -0.3 is 19.0 Å². The maximum absolute atomic E-state index is 9.74. The monoisotopic (exact) mass is 484 g/mol. The summed E-state index contributed by atoms with van der Waals surface area (Å²) in [7, 11) is 1.60. The van der Waals surface area contributed by atoms with Gasteiger partial charge in [-0.3, -0.25) is 0 Å². The second-order valence-corrected chi connectivity index (χ2v) is 8.89. The van der Waals surface area contributed by atoms with Crippen molar-refractivity contribution < 1.29 is 19.0 Å². The van der Waals surface area contributed by atoms with E-state index in [9.17, 15) is 5.11 Å². The lowest BCUT2D eigenvalue weighted by atomic mass is 10.2. The molecule has 0 saturated heterocycles. The zero-order valence-corrected chi connectivity index (χ0v) is 19.7. The third kappa shape index (κ3) is 4.06. The van der Waals surface area contributed by atoms with E-state index in [-0.39, 0.29) is 12.4 Å². The highest BCUT2D eigenvalue weighted by molar-refractivity contribution is 7.13. The molecule has 6 rings (SSSR count). The van der Waals surface area contributed by atoms with Crippen LogP contribution in [0.15, 0.2) is 70.6 Å². The van der Waals surface area contributed by atoms with Gasteiger partial charge in [0, 0.05) is 23.1 Å². The molecule has 9 heteroatoms. The van der Waals surface area contributed by atoms with Crippen molar-refractivity contribution in [3.05, 3.63) is 77.6 Å². The molecule has 4 aromatic heterocycles. The molecular formula is C26H20N4O4S. The Bertz CT molecular complexity index is 1680. The van der Waals surface area contributed by atoms with Crippen LogP contribution in [0, 0.1) is 6.92 Å². The van der Waals surface area contributed by atoms with Gasteiger partial charge in [-0.05, 0) is 37.3 Å². The zero-order chi connectivity index (χ0) is 23.9. The topological polar surface area (TPSA) is 94.9 Å². The number of hydrogen-bond donors (Lipinski definition) is 1. The average molecular weight is 485 g/mol. The molecule has 0 amide bonds. The molecule has 35 heavy (non-hydrogen) atoms. The molecule has 0 aliphatic heterocycles. The summed E-state index contributed by atoms with van der Waals surface area (Å²) >= 11 is 1.50. The lowest BCUT2D eigenvalue weighted by Gasteiger charge is -2.08. The van der Waals surface area contributed by atoms with E-state index in [1.165, 1.54) is 11.3 Å². The second-order valence-electron chi connectivity index (χ2n) is 8.03. The van der Waals surface area contributed by atoms with Crippen molar-refractivity contribution in [3.63, 3.8) is 0 Å². The molecule has 174 valence electrons. The van der Waals surface area contributed by atoms with Crippen molar-refractivity contribution in [2.24, 2.45) is 0 Å². The number of phenols is 1. The Labute approximate surface area is 204 Å². The number of ether oxygens (including phenoxy) is 2. The highest BCUT2D eigenvalue weighted by Gasteiger charge is 2.16. The molecular weight excluding hydrogens is 464 g/mol. The van der Waals surface area contributed by atoms with E-state index in [1.807, 2.05) is 54.9 Å². The van der Waals surface area contributed by atoms with Gasteiger partial charge in [-0.25, -0.2) is 14.5 Å². The number of thiazole rings is 1. The number of hydrogen-bond acceptors (Lipinski definition) is 8. The highest BCUT2D eigenvalue weighted by Crippen LogP contribution is 2.37. The summed E-state index contributed by atoms with van der Waals surface area (Å²) in [6.45, 7) is 2.21. The first-order valence-electron chi connectivity index (χ1n) is 10.9. The second kappa shape index (κ2) is 8.44. The first kappa shape index (κ1) is 21.2. The number of rotatable bonds is 6. The largest absolute Gasteiger partial charge is 0.508 e. The number of aryl methyl sites for hydroxylation is 1. The number of aromatic nitrogens is 4. The fraction of sp³-hybridized carbons (Fsp3) is 0.115. The standard InChI is InChI=1S/C26H20N4O4S/c1-15-6-7-25-28-21(12-30(25)29-15)24-11-20-22(9-19(32-2)10-23(20)34-24)33-13-17-14-35-26(27-17)16-4-3-5-18(31)8-16/h3-12,14,31H,13H2,1-2H3. The summed E-state index contributed by atoms with van der Waals surface area (Å²) in [6.07, 6.45) is 1.84. The van der Waals surface area contributed by atoms with Crippen molar-refractivity contribution in [1.29, 1.82) is 0 Å². The summed E-state index contributed by atoms with van der Waals surface area (Å²) < 4.78 is 19.5. The fourth-order valence-corrected chi connectivity index (χ4v) is 4.64. The van der Waals surface area contributed by atoms with E-state index >= 15 is 0 Å². The number of fused-ring (bicyclic) bond motifs is 2. The van der Waals surface area contributed by atoms with Gasteiger partial charge in [-0.15, -0.1) is 11.3 Å². The van der Waals surface area contributed by atoms with Gasteiger partial charge in [-0.2, -0.15) is 5.10 Å². The number of furan rings is 1. The molecule has 6 aromatic rings. The normalized spacial score (nSPS) is 11.4. The summed E-state index contributed by atoms with van der Waals surface area (Å²) in [5, 5.41) is 17.8. The minimum Gasteiger partial charge on any atom is -0.508 e. The minimum atomic E-state index is 0.210. The highest BCUT2D eigenvalue weighted by atomic mass is 32.1. The Kier molecular flexibility index (Phi) is 5.11. The van der Waals surface area contributed by atoms with Gasteiger partial charge in [0.15, 0.2) is 11.4 Å². The van der Waals surface area contributed by atoms with Crippen LogP contribution in [0.5, 0.6) is 17.2 Å². The van der Waals surface area contributed by atoms with Crippen LogP contribution in [0.3, 0.4) is 0 Å². The molecule has 4 heterocycles. The van der Waals surface area contributed by atoms with Crippen LogP contribution in [0.4, 0.5) is 0 Å². The quantitative estimate of drug-likeness (QED) is 0.316. The molecule has 0 bridgehead atoms. The minimum absolute atomic E-state index is 0.210. The van der Waals surface area contributed by atoms with E-state index < -0.39 is 0 Å². The number of phenolic OH excluding ortho intramolecular Hbond substituents is 1. The Balaban J connectivity index is 1.31. The average Bonchev–Trinajstić information content (AvgIpc) is 3.59. The zero-order valence-electron chi connectivity index (χ0n) is 18.9. The first-order valence-corrected chi connectivity index (χ1v) is 11.8. The molecule has 0 spiro atoms. The third-order valence-corrected chi connectivity index (χ3v) is 6.48. The molecule has 0 fully saturated rings. The number of aromatic hydroxyl groups is 1. The third-order valence-electron chi connectivity index (χ3n) is 5.53. The lowest BCUT2D eigenvalue weighted by molar-refractivity contribution is 0.303. The van der Waals surface area contributed by atoms with Gasteiger partial charge in [0.1, 0.15) is 40.1 Å². The maximum Gasteiger partial charge on any atom is 0.155 e. The molecule has 0 aliphatic rings. The van der Waals surface area contributed by atoms with Gasteiger partial charge in [-0.1, -0.05) is 12.1 Å². The first-order chi connectivity index (χ1) is 17.1. The molecule has 0 saturated carbocycles. The predicted molar refractivity (Wildman–Crippen MR) is 133 cm³/mol. The molecule has 0 radical (unpaired) electrons. The van der Waals surface area contributed by atoms with E-state index in [1.54, 1.807) is 29.8 Å². The van der Waals surface area contributed by atoms with Crippen molar-refractivity contribution in [2.75, 3.05) is 7.11 Å². The predicted octanol–water partition coefficient (Wildman–Crippen LogP) is 5.87. The summed E-state index contributed by atoms with van der Waals surface area (Å²) in [5.74, 6) is 2.07. The molecule has 1 N–H and O–H groups in total. The van der Waals surface area contributed by atoms with E-state index in [0.29, 0.717) is 28.5 Å². The van der Waals surface area contributed by atoms with E-state index in [4.69, 9.17) is 13.9 Å². The smallest absolute Gasteiger partial charge is 0.155 e. The maximum atomic E-state index is 9.74. The summed E-state index contributed by atoms with van der Waals surface area (Å²) in [5.41, 5.74) is 4.61. The molecule has 0 atom stereocenters. The van der Waals surface area contributed by atoms with Crippen LogP contribution < -0.4 is 9.47 Å². The fourth-order valence-electron chi connectivity index (χ4n) is 3.84. The van der Waals surface area contributed by atoms with Crippen LogP contribution in [-0.4, -0.2) is 31.8 Å². The van der Waals surface area contributed by atoms with Crippen LogP contribution in [-0.2, 0) is 6.61 Å². The number of benzene rings is 2. The van der Waals surface area contributed by atoms with Crippen LogP contribution in [0.25, 0.3) is 38.6 Å². The molecule has 2 aromatic carbocycles. The van der Waals surface area contributed by atoms with Gasteiger partial charge >= 0.3 is 0 Å². The number of imidazole rings is 1.